The summed E-state index contributed by atoms with van der Waals surface area (Å²) < 4.78 is 0. The van der Waals surface area contributed by atoms with Gasteiger partial charge in [0.2, 0.25) is 0 Å². The average Bonchev–Trinajstić information content (AvgIpc) is 2.09. The number of nitrogens with two attached hydrogens (primary N) is 1. The van der Waals surface area contributed by atoms with E-state index in [0.29, 0.717) is 0 Å². The minimum Gasteiger partial charge on any atom is -0.385 e. The first-order valence-electron chi connectivity index (χ1n) is 5.17. The predicted octanol–water partition coefficient (Wildman–Crippen LogP) is 3.19. The number of aryl methyl sites for hydroxylation is 1. The summed E-state index contributed by atoms with van der Waals surface area (Å²) in [6.45, 7) is 6.98. The smallest absolute Gasteiger partial charge is 0.0426 e. The van der Waals surface area contributed by atoms with Gasteiger partial charge in [0.1, 0.15) is 0 Å². The van der Waals surface area contributed by atoms with Gasteiger partial charge in [-0.15, -0.1) is 0 Å². The molecule has 0 atom stereocenters. The summed E-state index contributed by atoms with van der Waals surface area (Å²) in [5, 5.41) is 4.11. The fourth-order valence-electron chi connectivity index (χ4n) is 1.30. The minimum absolute atomic E-state index is 0.126. The van der Waals surface area contributed by atoms with Crippen LogP contribution in [0.4, 0.5) is 5.69 Å². The van der Waals surface area contributed by atoms with Crippen LogP contribution in [-0.4, -0.2) is 12.1 Å². The Hall–Kier alpha value is -0.730. The first-order chi connectivity index (χ1) is 6.88. The Labute approximate surface area is 96.8 Å². The lowest BCUT2D eigenvalue weighted by Gasteiger charge is -2.19. The summed E-state index contributed by atoms with van der Waals surface area (Å²) in [5.74, 6) is 0. The Balaban J connectivity index is 2.54. The summed E-state index contributed by atoms with van der Waals surface area (Å²) >= 11 is 5.92. The monoisotopic (exact) mass is 226 g/mol. The first-order valence-corrected chi connectivity index (χ1v) is 5.55. The van der Waals surface area contributed by atoms with Crippen molar-refractivity contribution in [2.24, 2.45) is 5.73 Å². The fourth-order valence-corrected chi connectivity index (χ4v) is 1.48. The van der Waals surface area contributed by atoms with Crippen molar-refractivity contribution < 1.29 is 0 Å². The van der Waals surface area contributed by atoms with Crippen LogP contribution in [0.2, 0.25) is 5.02 Å². The average molecular weight is 227 g/mol. The number of anilines is 1. The van der Waals surface area contributed by atoms with Gasteiger partial charge in [-0.05, 0) is 44.9 Å². The molecule has 84 valence electrons. The highest BCUT2D eigenvalue weighted by molar-refractivity contribution is 6.30. The Morgan fingerprint density at radius 1 is 1.40 bits per heavy atom. The van der Waals surface area contributed by atoms with E-state index in [-0.39, 0.29) is 5.54 Å². The van der Waals surface area contributed by atoms with Crippen LogP contribution >= 0.6 is 11.6 Å². The molecule has 15 heavy (non-hydrogen) atoms. The molecule has 3 heteroatoms. The van der Waals surface area contributed by atoms with Gasteiger partial charge in [0, 0.05) is 22.8 Å². The van der Waals surface area contributed by atoms with E-state index in [1.807, 2.05) is 32.0 Å². The Bertz CT molecular complexity index is 329. The molecule has 0 unspecified atom stereocenters. The maximum absolute atomic E-state index is 5.92. The van der Waals surface area contributed by atoms with Gasteiger partial charge >= 0.3 is 0 Å². The molecule has 0 saturated heterocycles. The van der Waals surface area contributed by atoms with Gasteiger partial charge in [-0.3, -0.25) is 0 Å². The topological polar surface area (TPSA) is 38.0 Å². The maximum atomic E-state index is 5.92. The number of benzene rings is 1. The van der Waals surface area contributed by atoms with Crippen LogP contribution in [0.3, 0.4) is 0 Å². The second-order valence-corrected chi connectivity index (χ2v) is 5.06. The van der Waals surface area contributed by atoms with Crippen molar-refractivity contribution in [1.29, 1.82) is 0 Å². The Kier molecular flexibility index (Phi) is 4.00. The van der Waals surface area contributed by atoms with E-state index in [0.717, 1.165) is 23.7 Å². The van der Waals surface area contributed by atoms with Crippen molar-refractivity contribution in [3.05, 3.63) is 28.8 Å². The molecule has 0 heterocycles. The van der Waals surface area contributed by atoms with Crippen molar-refractivity contribution in [2.45, 2.75) is 32.7 Å². The normalized spacial score (nSPS) is 11.5. The van der Waals surface area contributed by atoms with Gasteiger partial charge in [-0.2, -0.15) is 0 Å². The molecule has 0 spiro atoms. The van der Waals surface area contributed by atoms with Crippen LogP contribution < -0.4 is 11.1 Å². The van der Waals surface area contributed by atoms with Gasteiger partial charge < -0.3 is 11.1 Å². The molecule has 0 fully saturated rings. The van der Waals surface area contributed by atoms with Crippen molar-refractivity contribution in [3.63, 3.8) is 0 Å². The molecule has 2 nitrogen and oxygen atoms in total. The SMILES string of the molecule is Cc1ccc(Cl)cc1NCCC(C)(C)N. The molecule has 3 N–H and O–H groups in total. The molecule has 0 bridgehead atoms. The highest BCUT2D eigenvalue weighted by Crippen LogP contribution is 2.20. The molecule has 0 amide bonds. The largest absolute Gasteiger partial charge is 0.385 e. The van der Waals surface area contributed by atoms with Gasteiger partial charge in [-0.1, -0.05) is 17.7 Å². The van der Waals surface area contributed by atoms with E-state index in [1.54, 1.807) is 0 Å². The predicted molar refractivity (Wildman–Crippen MR) is 67.6 cm³/mol. The van der Waals surface area contributed by atoms with E-state index < -0.39 is 0 Å². The van der Waals surface area contributed by atoms with Crippen molar-refractivity contribution in [2.75, 3.05) is 11.9 Å². The first kappa shape index (κ1) is 12.3. The van der Waals surface area contributed by atoms with Crippen molar-refractivity contribution in [3.8, 4) is 0 Å². The second-order valence-electron chi connectivity index (χ2n) is 4.62. The molecule has 0 aromatic heterocycles. The van der Waals surface area contributed by atoms with Crippen molar-refractivity contribution in [1.82, 2.24) is 0 Å². The van der Waals surface area contributed by atoms with E-state index in [2.05, 4.69) is 12.2 Å². The zero-order chi connectivity index (χ0) is 11.5. The van der Waals surface area contributed by atoms with E-state index in [4.69, 9.17) is 17.3 Å². The van der Waals surface area contributed by atoms with Gasteiger partial charge in [-0.25, -0.2) is 0 Å². The van der Waals surface area contributed by atoms with Gasteiger partial charge in [0.05, 0.1) is 0 Å². The van der Waals surface area contributed by atoms with Gasteiger partial charge in [0.15, 0.2) is 0 Å². The molecule has 1 rings (SSSR count). The third-order valence-corrected chi connectivity index (χ3v) is 2.52. The summed E-state index contributed by atoms with van der Waals surface area (Å²) in [7, 11) is 0. The summed E-state index contributed by atoms with van der Waals surface area (Å²) in [5.41, 5.74) is 8.07. The van der Waals surface area contributed by atoms with Crippen LogP contribution in [-0.2, 0) is 0 Å². The standard InChI is InChI=1S/C12H19ClN2/c1-9-4-5-10(13)8-11(9)15-7-6-12(2,3)14/h4-5,8,15H,6-7,14H2,1-3H3. The highest BCUT2D eigenvalue weighted by Gasteiger charge is 2.09. The van der Waals surface area contributed by atoms with Crippen molar-refractivity contribution >= 4 is 17.3 Å². The lowest BCUT2D eigenvalue weighted by atomic mass is 10.0. The Morgan fingerprint density at radius 2 is 2.07 bits per heavy atom. The van der Waals surface area contributed by atoms with E-state index in [1.165, 1.54) is 5.56 Å². The number of halogens is 1. The van der Waals surface area contributed by atoms with Crippen LogP contribution in [0.25, 0.3) is 0 Å². The number of rotatable bonds is 4. The molecule has 0 aliphatic heterocycles. The summed E-state index contributed by atoms with van der Waals surface area (Å²) in [4.78, 5) is 0. The van der Waals surface area contributed by atoms with E-state index >= 15 is 0 Å². The third-order valence-electron chi connectivity index (χ3n) is 2.28. The van der Waals surface area contributed by atoms with Crippen LogP contribution in [0.5, 0.6) is 0 Å². The summed E-state index contributed by atoms with van der Waals surface area (Å²) in [6.07, 6.45) is 0.930. The lowest BCUT2D eigenvalue weighted by Crippen LogP contribution is -2.34. The molecular weight excluding hydrogens is 208 g/mol. The fraction of sp³-hybridized carbons (Fsp3) is 0.500. The molecule has 1 aromatic carbocycles. The zero-order valence-corrected chi connectivity index (χ0v) is 10.4. The van der Waals surface area contributed by atoms with E-state index in [9.17, 15) is 0 Å². The number of hydrogen-bond acceptors (Lipinski definition) is 2. The number of hydrogen-bond donors (Lipinski definition) is 2. The second kappa shape index (κ2) is 4.86. The third kappa shape index (κ3) is 4.54. The molecule has 1 aromatic rings. The summed E-state index contributed by atoms with van der Waals surface area (Å²) in [6, 6.07) is 5.85. The minimum atomic E-state index is -0.126. The van der Waals surface area contributed by atoms with Crippen LogP contribution in [0.1, 0.15) is 25.8 Å². The zero-order valence-electron chi connectivity index (χ0n) is 9.60. The van der Waals surface area contributed by atoms with Crippen LogP contribution in [0, 0.1) is 6.92 Å². The Morgan fingerprint density at radius 3 is 2.67 bits per heavy atom. The number of nitrogens with one attached hydrogen (secondary N) is 1. The van der Waals surface area contributed by atoms with Gasteiger partial charge in [0.25, 0.3) is 0 Å². The highest BCUT2D eigenvalue weighted by atomic mass is 35.5. The molecular formula is C12H19ClN2. The molecule has 0 saturated carbocycles. The molecule has 0 aliphatic rings. The lowest BCUT2D eigenvalue weighted by molar-refractivity contribution is 0.491. The molecule has 0 aliphatic carbocycles. The molecule has 0 radical (unpaired) electrons. The van der Waals surface area contributed by atoms with Crippen LogP contribution in [0.15, 0.2) is 18.2 Å². The quantitative estimate of drug-likeness (QED) is 0.828. The maximum Gasteiger partial charge on any atom is 0.0426 e.